The van der Waals surface area contributed by atoms with Gasteiger partial charge >= 0.3 is 0 Å². The van der Waals surface area contributed by atoms with Crippen LogP contribution in [0.4, 0.5) is 10.1 Å². The van der Waals surface area contributed by atoms with Gasteiger partial charge in [-0.25, -0.2) is 4.39 Å². The largest absolute Gasteiger partial charge is 0.326 e. The molecule has 0 saturated carbocycles. The van der Waals surface area contributed by atoms with Crippen LogP contribution < -0.4 is 5.32 Å². The number of carbonyl (C=O) groups excluding carboxylic acids is 1. The molecule has 0 fully saturated rings. The number of hydrogen-bond donors (Lipinski definition) is 1. The molecule has 132 valence electrons. The van der Waals surface area contributed by atoms with Crippen LogP contribution >= 0.6 is 11.8 Å². The molecule has 2 aromatic carbocycles. The second-order valence-electron chi connectivity index (χ2n) is 5.81. The Hall–Kier alpha value is -2.66. The molecule has 1 N–H and O–H groups in total. The van der Waals surface area contributed by atoms with Gasteiger partial charge in [-0.3, -0.25) is 9.78 Å². The Labute approximate surface area is 156 Å². The molecule has 0 radical (unpaired) electrons. The van der Waals surface area contributed by atoms with E-state index in [1.54, 1.807) is 30.6 Å². The third kappa shape index (κ3) is 5.43. The highest BCUT2D eigenvalue weighted by Crippen LogP contribution is 2.22. The Morgan fingerprint density at radius 1 is 0.962 bits per heavy atom. The normalized spacial score (nSPS) is 10.5. The van der Waals surface area contributed by atoms with Crippen LogP contribution in [0.5, 0.6) is 0 Å². The molecule has 0 unspecified atom stereocenters. The second-order valence-corrected chi connectivity index (χ2v) is 6.94. The number of thioether (sulfide) groups is 1. The number of nitrogens with zero attached hydrogens (tertiary/aromatic N) is 1. The van der Waals surface area contributed by atoms with Crippen LogP contribution in [0, 0.1) is 5.82 Å². The molecule has 26 heavy (non-hydrogen) atoms. The lowest BCUT2D eigenvalue weighted by Crippen LogP contribution is -2.12. The number of anilines is 1. The van der Waals surface area contributed by atoms with Crippen molar-refractivity contribution in [3.8, 4) is 0 Å². The lowest BCUT2D eigenvalue weighted by atomic mass is 10.1. The van der Waals surface area contributed by atoms with Gasteiger partial charge in [0, 0.05) is 35.2 Å². The van der Waals surface area contributed by atoms with Gasteiger partial charge in [0.2, 0.25) is 5.91 Å². The van der Waals surface area contributed by atoms with Crippen molar-refractivity contribution in [2.24, 2.45) is 0 Å². The fourth-order valence-corrected chi connectivity index (χ4v) is 3.37. The van der Waals surface area contributed by atoms with Crippen molar-refractivity contribution in [2.45, 2.75) is 17.7 Å². The number of halogens is 1. The smallest absolute Gasteiger partial charge is 0.225 e. The molecule has 1 aromatic heterocycles. The number of amides is 1. The first-order valence-corrected chi connectivity index (χ1v) is 9.34. The molecule has 0 saturated heterocycles. The van der Waals surface area contributed by atoms with Crippen LogP contribution in [0.1, 0.15) is 17.5 Å². The van der Waals surface area contributed by atoms with Crippen LogP contribution in [0.25, 0.3) is 0 Å². The number of hydrogen-bond acceptors (Lipinski definition) is 3. The molecule has 0 aliphatic rings. The monoisotopic (exact) mass is 366 g/mol. The summed E-state index contributed by atoms with van der Waals surface area (Å²) in [6.45, 7) is 0. The Balaban J connectivity index is 1.46. The highest BCUT2D eigenvalue weighted by Gasteiger charge is 2.06. The quantitative estimate of drug-likeness (QED) is 0.603. The average molecular weight is 366 g/mol. The van der Waals surface area contributed by atoms with Crippen molar-refractivity contribution in [1.82, 2.24) is 4.98 Å². The van der Waals surface area contributed by atoms with E-state index >= 15 is 0 Å². The molecular weight excluding hydrogens is 347 g/mol. The third-order valence-corrected chi connectivity index (χ3v) is 4.87. The number of benzene rings is 2. The van der Waals surface area contributed by atoms with E-state index < -0.39 is 0 Å². The van der Waals surface area contributed by atoms with Gasteiger partial charge in [0.05, 0.1) is 0 Å². The average Bonchev–Trinajstić information content (AvgIpc) is 2.66. The Morgan fingerprint density at radius 2 is 1.65 bits per heavy atom. The number of carbonyl (C=O) groups is 1. The van der Waals surface area contributed by atoms with Crippen LogP contribution in [0.15, 0.2) is 78.0 Å². The van der Waals surface area contributed by atoms with E-state index in [0.717, 1.165) is 12.1 Å². The minimum absolute atomic E-state index is 0.0734. The van der Waals surface area contributed by atoms with E-state index in [2.05, 4.69) is 10.3 Å². The number of pyridine rings is 1. The minimum atomic E-state index is -0.248. The lowest BCUT2D eigenvalue weighted by molar-refractivity contribution is -0.115. The molecular formula is C21H19FN2OS. The summed E-state index contributed by atoms with van der Waals surface area (Å²) in [5.74, 6) is 0.214. The predicted octanol–water partition coefficient (Wildman–Crippen LogP) is 4.93. The van der Waals surface area contributed by atoms with Crippen molar-refractivity contribution in [1.29, 1.82) is 0 Å². The second kappa shape index (κ2) is 9.15. The van der Waals surface area contributed by atoms with Gasteiger partial charge in [0.25, 0.3) is 0 Å². The van der Waals surface area contributed by atoms with Crippen molar-refractivity contribution in [3.63, 3.8) is 0 Å². The van der Waals surface area contributed by atoms with Gasteiger partial charge in [-0.1, -0.05) is 24.3 Å². The van der Waals surface area contributed by atoms with Crippen molar-refractivity contribution in [2.75, 3.05) is 11.1 Å². The summed E-state index contributed by atoms with van der Waals surface area (Å²) < 4.78 is 13.5. The van der Waals surface area contributed by atoms with Crippen LogP contribution in [0.3, 0.4) is 0 Å². The van der Waals surface area contributed by atoms with Gasteiger partial charge in [-0.05, 0) is 53.9 Å². The zero-order valence-electron chi connectivity index (χ0n) is 14.2. The number of aromatic nitrogens is 1. The molecule has 3 aromatic rings. The number of rotatable bonds is 7. The minimum Gasteiger partial charge on any atom is -0.326 e. The van der Waals surface area contributed by atoms with Crippen molar-refractivity contribution >= 4 is 23.4 Å². The molecule has 0 spiro atoms. The molecule has 0 bridgehead atoms. The van der Waals surface area contributed by atoms with Gasteiger partial charge in [-0.2, -0.15) is 0 Å². The van der Waals surface area contributed by atoms with E-state index in [-0.39, 0.29) is 11.7 Å². The predicted molar refractivity (Wildman–Crippen MR) is 104 cm³/mol. The van der Waals surface area contributed by atoms with Crippen LogP contribution in [0.2, 0.25) is 0 Å². The summed E-state index contributed by atoms with van der Waals surface area (Å²) in [5.41, 5.74) is 3.13. The summed E-state index contributed by atoms with van der Waals surface area (Å²) in [5, 5.41) is 2.88. The Morgan fingerprint density at radius 3 is 2.38 bits per heavy atom. The molecule has 1 amide bonds. The first-order valence-electron chi connectivity index (χ1n) is 8.36. The first kappa shape index (κ1) is 18.1. The van der Waals surface area contributed by atoms with E-state index in [1.165, 1.54) is 29.0 Å². The summed E-state index contributed by atoms with van der Waals surface area (Å²) in [6, 6.07) is 18.4. The van der Waals surface area contributed by atoms with Gasteiger partial charge in [-0.15, -0.1) is 11.8 Å². The van der Waals surface area contributed by atoms with E-state index in [1.807, 2.05) is 36.4 Å². The van der Waals surface area contributed by atoms with E-state index in [9.17, 15) is 9.18 Å². The zero-order valence-corrected chi connectivity index (χ0v) is 15.0. The molecule has 1 heterocycles. The fraction of sp³-hybridized carbons (Fsp3) is 0.143. The maximum Gasteiger partial charge on any atom is 0.225 e. The fourth-order valence-electron chi connectivity index (χ4n) is 2.48. The maximum atomic E-state index is 13.5. The summed E-state index contributed by atoms with van der Waals surface area (Å²) >= 11 is 1.35. The third-order valence-electron chi connectivity index (χ3n) is 3.82. The SMILES string of the molecule is O=C(CCSc1ccccc1F)Nc1ccc(Cc2ccncc2)cc1. The van der Waals surface area contributed by atoms with E-state index in [0.29, 0.717) is 17.1 Å². The zero-order chi connectivity index (χ0) is 18.2. The van der Waals surface area contributed by atoms with Gasteiger partial charge < -0.3 is 5.32 Å². The Bertz CT molecular complexity index is 853. The van der Waals surface area contributed by atoms with Gasteiger partial charge in [0.15, 0.2) is 0 Å². The van der Waals surface area contributed by atoms with E-state index in [4.69, 9.17) is 0 Å². The molecule has 0 atom stereocenters. The topological polar surface area (TPSA) is 42.0 Å². The highest BCUT2D eigenvalue weighted by molar-refractivity contribution is 7.99. The molecule has 3 nitrogen and oxygen atoms in total. The molecule has 3 rings (SSSR count). The first-order chi connectivity index (χ1) is 12.7. The summed E-state index contributed by atoms with van der Waals surface area (Å²) in [7, 11) is 0. The number of nitrogens with one attached hydrogen (secondary N) is 1. The summed E-state index contributed by atoms with van der Waals surface area (Å²) in [6.07, 6.45) is 4.72. The van der Waals surface area contributed by atoms with Crippen molar-refractivity contribution in [3.05, 3.63) is 90.0 Å². The molecule has 5 heteroatoms. The van der Waals surface area contributed by atoms with Gasteiger partial charge in [0.1, 0.15) is 5.82 Å². The molecule has 0 aliphatic heterocycles. The lowest BCUT2D eigenvalue weighted by Gasteiger charge is -2.07. The maximum absolute atomic E-state index is 13.5. The van der Waals surface area contributed by atoms with Crippen LogP contribution in [-0.2, 0) is 11.2 Å². The van der Waals surface area contributed by atoms with Crippen molar-refractivity contribution < 1.29 is 9.18 Å². The summed E-state index contributed by atoms with van der Waals surface area (Å²) in [4.78, 5) is 16.6. The van der Waals surface area contributed by atoms with Crippen LogP contribution in [-0.4, -0.2) is 16.6 Å². The standard InChI is InChI=1S/C21H19FN2OS/c22-19-3-1-2-4-20(19)26-14-11-21(25)24-18-7-5-16(6-8-18)15-17-9-12-23-13-10-17/h1-10,12-13H,11,14-15H2,(H,24,25). The Kier molecular flexibility index (Phi) is 6.39. The molecule has 0 aliphatic carbocycles. The highest BCUT2D eigenvalue weighted by atomic mass is 32.2.